The van der Waals surface area contributed by atoms with Crippen molar-refractivity contribution in [1.29, 1.82) is 0 Å². The molecular formula is C37H45F3O. The van der Waals surface area contributed by atoms with Crippen molar-refractivity contribution in [2.75, 3.05) is 6.61 Å². The fourth-order valence-corrected chi connectivity index (χ4v) is 5.87. The molecule has 1 fully saturated rings. The zero-order valence-corrected chi connectivity index (χ0v) is 24.7. The average molecular weight is 563 g/mol. The Morgan fingerprint density at radius 1 is 0.780 bits per heavy atom. The Morgan fingerprint density at radius 3 is 2.12 bits per heavy atom. The third-order valence-electron chi connectivity index (χ3n) is 8.44. The number of unbranched alkanes of at least 4 members (excludes halogenated alkanes) is 6. The predicted molar refractivity (Wildman–Crippen MR) is 165 cm³/mol. The molecule has 0 bridgehead atoms. The second-order valence-corrected chi connectivity index (χ2v) is 11.5. The van der Waals surface area contributed by atoms with E-state index in [9.17, 15) is 4.39 Å². The minimum atomic E-state index is -0.813. The second-order valence-electron chi connectivity index (χ2n) is 11.5. The number of hydrogen-bond donors (Lipinski definition) is 0. The van der Waals surface area contributed by atoms with Gasteiger partial charge in [-0.05, 0) is 73.8 Å². The summed E-state index contributed by atoms with van der Waals surface area (Å²) in [6.07, 6.45) is 17.1. The smallest absolute Gasteiger partial charge is 0.166 e. The largest absolute Gasteiger partial charge is 0.378 e. The fourth-order valence-electron chi connectivity index (χ4n) is 5.87. The topological polar surface area (TPSA) is 9.23 Å². The van der Waals surface area contributed by atoms with Crippen LogP contribution in [0.2, 0.25) is 0 Å². The van der Waals surface area contributed by atoms with Gasteiger partial charge in [-0.15, -0.1) is 0 Å². The lowest BCUT2D eigenvalue weighted by atomic mass is 9.89. The summed E-state index contributed by atoms with van der Waals surface area (Å²) in [5.74, 6) is -1.65. The molecule has 0 radical (unpaired) electrons. The zero-order valence-electron chi connectivity index (χ0n) is 24.7. The van der Waals surface area contributed by atoms with Crippen molar-refractivity contribution in [1.82, 2.24) is 0 Å². The van der Waals surface area contributed by atoms with Crippen LogP contribution in [0.3, 0.4) is 0 Å². The first-order valence-electron chi connectivity index (χ1n) is 15.6. The van der Waals surface area contributed by atoms with Crippen molar-refractivity contribution in [3.05, 3.63) is 95.3 Å². The van der Waals surface area contributed by atoms with E-state index >= 15 is 8.78 Å². The minimum absolute atomic E-state index is 0.200. The van der Waals surface area contributed by atoms with Gasteiger partial charge in [0.2, 0.25) is 0 Å². The van der Waals surface area contributed by atoms with E-state index in [4.69, 9.17) is 4.74 Å². The average Bonchev–Trinajstić information content (AvgIpc) is 2.99. The summed E-state index contributed by atoms with van der Waals surface area (Å²) >= 11 is 0. The molecule has 1 aliphatic heterocycles. The van der Waals surface area contributed by atoms with Gasteiger partial charge in [-0.1, -0.05) is 106 Å². The van der Waals surface area contributed by atoms with Crippen LogP contribution in [0.25, 0.3) is 22.3 Å². The van der Waals surface area contributed by atoms with Crippen LogP contribution in [0.4, 0.5) is 13.2 Å². The molecule has 0 spiro atoms. The van der Waals surface area contributed by atoms with Crippen LogP contribution in [-0.4, -0.2) is 12.7 Å². The molecule has 0 N–H and O–H groups in total. The van der Waals surface area contributed by atoms with Gasteiger partial charge < -0.3 is 4.74 Å². The van der Waals surface area contributed by atoms with Crippen LogP contribution in [0.1, 0.15) is 102 Å². The number of ether oxygens (including phenoxy) is 1. The lowest BCUT2D eigenvalue weighted by Gasteiger charge is -2.29. The highest BCUT2D eigenvalue weighted by molar-refractivity contribution is 5.71. The van der Waals surface area contributed by atoms with Gasteiger partial charge in [-0.25, -0.2) is 13.2 Å². The molecule has 1 heterocycles. The van der Waals surface area contributed by atoms with Crippen molar-refractivity contribution in [2.45, 2.75) is 103 Å². The van der Waals surface area contributed by atoms with Gasteiger partial charge in [0, 0.05) is 17.0 Å². The van der Waals surface area contributed by atoms with Crippen LogP contribution in [0.15, 0.2) is 66.7 Å². The maximum Gasteiger partial charge on any atom is 0.166 e. The molecule has 0 amide bonds. The highest BCUT2D eigenvalue weighted by Crippen LogP contribution is 2.34. The molecule has 3 aromatic carbocycles. The summed E-state index contributed by atoms with van der Waals surface area (Å²) in [4.78, 5) is 0. The summed E-state index contributed by atoms with van der Waals surface area (Å²) in [5.41, 5.74) is 3.41. The number of allylic oxidation sites excluding steroid dienone is 2. The summed E-state index contributed by atoms with van der Waals surface area (Å²) in [6.45, 7) is 4.85. The summed E-state index contributed by atoms with van der Waals surface area (Å²) in [7, 11) is 0. The first-order valence-corrected chi connectivity index (χ1v) is 15.6. The van der Waals surface area contributed by atoms with Gasteiger partial charge in [-0.3, -0.25) is 0 Å². The molecular weight excluding hydrogens is 517 g/mol. The van der Waals surface area contributed by atoms with E-state index < -0.39 is 11.6 Å². The Labute approximate surface area is 244 Å². The lowest BCUT2D eigenvalue weighted by Crippen LogP contribution is -2.24. The van der Waals surface area contributed by atoms with Crippen molar-refractivity contribution in [2.24, 2.45) is 0 Å². The highest BCUT2D eigenvalue weighted by atomic mass is 19.2. The lowest BCUT2D eigenvalue weighted by molar-refractivity contribution is -0.000225. The van der Waals surface area contributed by atoms with E-state index in [-0.39, 0.29) is 23.4 Å². The molecule has 1 nitrogen and oxygen atoms in total. The van der Waals surface area contributed by atoms with E-state index in [1.807, 2.05) is 19.1 Å². The van der Waals surface area contributed by atoms with Gasteiger partial charge in [-0.2, -0.15) is 0 Å². The summed E-state index contributed by atoms with van der Waals surface area (Å²) in [5, 5.41) is 0. The Hall–Kier alpha value is -2.85. The van der Waals surface area contributed by atoms with E-state index in [2.05, 4.69) is 19.1 Å². The molecule has 41 heavy (non-hydrogen) atoms. The van der Waals surface area contributed by atoms with Crippen LogP contribution in [0, 0.1) is 17.5 Å². The van der Waals surface area contributed by atoms with Gasteiger partial charge >= 0.3 is 0 Å². The van der Waals surface area contributed by atoms with Gasteiger partial charge in [0.25, 0.3) is 0 Å². The number of halogens is 3. The summed E-state index contributed by atoms with van der Waals surface area (Å²) < 4.78 is 51.2. The van der Waals surface area contributed by atoms with Gasteiger partial charge in [0.1, 0.15) is 5.82 Å². The van der Waals surface area contributed by atoms with Crippen molar-refractivity contribution in [3.8, 4) is 22.3 Å². The fraction of sp³-hybridized carbons (Fsp3) is 0.459. The first kappa shape index (κ1) is 31.1. The number of hydrogen-bond acceptors (Lipinski definition) is 1. The molecule has 2 atom stereocenters. The van der Waals surface area contributed by atoms with Crippen LogP contribution >= 0.6 is 0 Å². The van der Waals surface area contributed by atoms with Crippen LogP contribution < -0.4 is 0 Å². The summed E-state index contributed by atoms with van der Waals surface area (Å²) in [6, 6.07) is 15.8. The van der Waals surface area contributed by atoms with Gasteiger partial charge in [0.15, 0.2) is 11.6 Å². The Morgan fingerprint density at radius 2 is 1.46 bits per heavy atom. The number of aryl methyl sites for hydroxylation is 1. The maximum atomic E-state index is 15.2. The molecule has 0 aromatic heterocycles. The van der Waals surface area contributed by atoms with E-state index in [0.717, 1.165) is 50.5 Å². The van der Waals surface area contributed by atoms with Crippen molar-refractivity contribution >= 4 is 0 Å². The molecule has 220 valence electrons. The second kappa shape index (κ2) is 16.0. The number of rotatable bonds is 14. The van der Waals surface area contributed by atoms with E-state index in [1.54, 1.807) is 42.5 Å². The molecule has 4 heteroatoms. The molecule has 4 rings (SSSR count). The predicted octanol–water partition coefficient (Wildman–Crippen LogP) is 11.3. The Bertz CT molecular complexity index is 1260. The molecule has 3 aromatic rings. The zero-order chi connectivity index (χ0) is 29.0. The maximum absolute atomic E-state index is 15.2. The molecule has 2 unspecified atom stereocenters. The standard InChI is InChI=1S/C37H45F3O/c1-3-5-7-8-9-10-12-13-29-20-24-34(37(40)36(29)39)28-17-15-27(16-18-28)33-23-21-30(25-35(33)38)31-19-22-32(41-26-31)14-11-6-4-2/h4,6,15-18,20-21,23-25,31-32H,3,5,7-14,19,22,26H2,1-2H3. The van der Waals surface area contributed by atoms with Crippen molar-refractivity contribution < 1.29 is 17.9 Å². The third kappa shape index (κ3) is 8.58. The van der Waals surface area contributed by atoms with Gasteiger partial charge in [0.05, 0.1) is 12.7 Å². The Kier molecular flexibility index (Phi) is 12.1. The molecule has 0 saturated carbocycles. The SMILES string of the molecule is CC=CCCC1CCC(c2ccc(-c3ccc(-c4ccc(CCCCCCCCC)c(F)c4F)cc3)c(F)c2)CO1. The quantitative estimate of drug-likeness (QED) is 0.140. The molecule has 1 saturated heterocycles. The highest BCUT2D eigenvalue weighted by Gasteiger charge is 2.23. The van der Waals surface area contributed by atoms with Crippen LogP contribution in [0.5, 0.6) is 0 Å². The number of benzene rings is 3. The normalized spacial score (nSPS) is 17.4. The molecule has 0 aliphatic carbocycles. The monoisotopic (exact) mass is 562 g/mol. The van der Waals surface area contributed by atoms with E-state index in [0.29, 0.717) is 35.3 Å². The van der Waals surface area contributed by atoms with Crippen molar-refractivity contribution in [3.63, 3.8) is 0 Å². The third-order valence-corrected chi connectivity index (χ3v) is 8.44. The molecule has 1 aliphatic rings. The minimum Gasteiger partial charge on any atom is -0.378 e. The van der Waals surface area contributed by atoms with E-state index in [1.165, 1.54) is 25.7 Å². The first-order chi connectivity index (χ1) is 20.0. The van der Waals surface area contributed by atoms with Crippen LogP contribution in [-0.2, 0) is 11.2 Å². The Balaban J connectivity index is 1.35.